The molecule has 0 aliphatic heterocycles. The molecule has 0 aromatic heterocycles. The molecule has 0 unspecified atom stereocenters. The van der Waals surface area contributed by atoms with E-state index in [1.165, 1.54) is 0 Å². The van der Waals surface area contributed by atoms with Crippen molar-refractivity contribution in [3.05, 3.63) is 28.2 Å². The molecule has 1 rings (SSSR count). The van der Waals surface area contributed by atoms with Gasteiger partial charge >= 0.3 is 9.33 Å². The van der Waals surface area contributed by atoms with E-state index in [-0.39, 0.29) is 0 Å². The van der Waals surface area contributed by atoms with Crippen LogP contribution in [0.15, 0.2) is 18.2 Å². The summed E-state index contributed by atoms with van der Waals surface area (Å²) in [5, 5.41) is 1.00. The van der Waals surface area contributed by atoms with Crippen LogP contribution in [0.5, 0.6) is 0 Å². The van der Waals surface area contributed by atoms with Gasteiger partial charge in [0.05, 0.1) is 15.7 Å². The van der Waals surface area contributed by atoms with Gasteiger partial charge in [-0.05, 0) is 12.1 Å². The van der Waals surface area contributed by atoms with Crippen LogP contribution in [0.1, 0.15) is 0 Å². The zero-order valence-corrected chi connectivity index (χ0v) is 9.70. The second kappa shape index (κ2) is 5.63. The summed E-state index contributed by atoms with van der Waals surface area (Å²) < 4.78 is 25.2. The third-order valence-electron chi connectivity index (χ3n) is 1.000. The molecule has 0 saturated carbocycles. The van der Waals surface area contributed by atoms with Crippen LogP contribution in [-0.4, -0.2) is 13.0 Å². The Bertz CT molecular complexity index is 379. The number of hydrogen-bond acceptors (Lipinski definition) is 3. The highest BCUT2D eigenvalue weighted by atomic mass is 35.7. The first-order valence-electron chi connectivity index (χ1n) is 3.08. The highest BCUT2D eigenvalue weighted by Crippen LogP contribution is 2.25. The van der Waals surface area contributed by atoms with Crippen molar-refractivity contribution in [3.8, 4) is 0 Å². The Labute approximate surface area is 95.8 Å². The Morgan fingerprint density at radius 1 is 1.21 bits per heavy atom. The van der Waals surface area contributed by atoms with E-state index in [0.29, 0.717) is 15.7 Å². The van der Waals surface area contributed by atoms with E-state index < -0.39 is 9.33 Å². The maximum atomic E-state index is 8.95. The van der Waals surface area contributed by atoms with Crippen molar-refractivity contribution in [2.75, 3.05) is 5.73 Å². The van der Waals surface area contributed by atoms with Crippen molar-refractivity contribution in [2.45, 2.75) is 0 Å². The van der Waals surface area contributed by atoms with Gasteiger partial charge in [-0.1, -0.05) is 29.3 Å². The van der Waals surface area contributed by atoms with Gasteiger partial charge in [-0.2, -0.15) is 8.42 Å². The number of anilines is 1. The van der Waals surface area contributed by atoms with E-state index in [4.69, 9.17) is 41.9 Å². The molecule has 4 nitrogen and oxygen atoms in total. The number of nitrogens with two attached hydrogens (primary N) is 1. The molecule has 0 spiro atoms. The summed E-state index contributed by atoms with van der Waals surface area (Å²) in [5.74, 6) is 0. The second-order valence-corrected chi connectivity index (χ2v) is 4.86. The largest absolute Gasteiger partial charge is 0.396 e. The molecule has 0 aliphatic rings. The first-order valence-corrected chi connectivity index (χ1v) is 6.10. The molecule has 3 N–H and O–H groups in total. The molecule has 0 heterocycles. The molecule has 0 saturated heterocycles. The average molecular weight is 279 g/mol. The van der Waals surface area contributed by atoms with E-state index in [2.05, 4.69) is 10.7 Å². The Morgan fingerprint density at radius 3 is 1.71 bits per heavy atom. The molecule has 1 aromatic carbocycles. The van der Waals surface area contributed by atoms with Gasteiger partial charge in [0.1, 0.15) is 0 Å². The van der Waals surface area contributed by atoms with E-state index in [1.54, 1.807) is 18.2 Å². The third kappa shape index (κ3) is 7.23. The number of para-hydroxylation sites is 1. The van der Waals surface area contributed by atoms with Crippen molar-refractivity contribution in [2.24, 2.45) is 0 Å². The highest BCUT2D eigenvalue weighted by molar-refractivity contribution is 8.09. The van der Waals surface area contributed by atoms with Crippen LogP contribution in [0.3, 0.4) is 0 Å². The fourth-order valence-corrected chi connectivity index (χ4v) is 0.908. The summed E-state index contributed by atoms with van der Waals surface area (Å²) in [4.78, 5) is 0. The van der Waals surface area contributed by atoms with Crippen LogP contribution in [0.4, 0.5) is 5.69 Å². The Morgan fingerprint density at radius 2 is 1.50 bits per heavy atom. The summed E-state index contributed by atoms with van der Waals surface area (Å²) in [6.45, 7) is 0. The summed E-state index contributed by atoms with van der Waals surface area (Å²) in [6, 6.07) is 5.15. The number of halogens is 3. The van der Waals surface area contributed by atoms with Crippen molar-refractivity contribution >= 4 is 48.9 Å². The number of hydrogen-bond donors (Lipinski definition) is 2. The first-order chi connectivity index (χ1) is 6.22. The minimum absolute atomic E-state index is 0.445. The fourth-order valence-electron chi connectivity index (χ4n) is 0.511. The molecular weight excluding hydrogens is 272 g/mol. The van der Waals surface area contributed by atoms with Crippen molar-refractivity contribution in [1.82, 2.24) is 0 Å². The zero-order valence-electron chi connectivity index (χ0n) is 6.62. The van der Waals surface area contributed by atoms with Gasteiger partial charge in [0.2, 0.25) is 0 Å². The summed E-state index contributed by atoms with van der Waals surface area (Å²) in [5.41, 5.74) is 5.86. The molecule has 0 radical (unpaired) electrons. The SMILES string of the molecule is Nc1c(Cl)cccc1Cl.O=S(=O)(O)Cl. The lowest BCUT2D eigenvalue weighted by atomic mass is 10.3. The molecule has 0 fully saturated rings. The predicted octanol–water partition coefficient (Wildman–Crippen LogP) is 2.60. The lowest BCUT2D eigenvalue weighted by Gasteiger charge is -1.96. The molecule has 8 heteroatoms. The van der Waals surface area contributed by atoms with Gasteiger partial charge in [0.25, 0.3) is 0 Å². The van der Waals surface area contributed by atoms with Crippen LogP contribution in [0.25, 0.3) is 0 Å². The normalized spacial score (nSPS) is 10.3. The average Bonchev–Trinajstić information content (AvgIpc) is 1.97. The number of nitrogen functional groups attached to an aromatic ring is 1. The van der Waals surface area contributed by atoms with Gasteiger partial charge in [0.15, 0.2) is 0 Å². The monoisotopic (exact) mass is 277 g/mol. The molecule has 0 amide bonds. The summed E-state index contributed by atoms with van der Waals surface area (Å²) in [7, 11) is -0.137. The maximum Gasteiger partial charge on any atom is 0.353 e. The fraction of sp³-hybridized carbons (Fsp3) is 0. The third-order valence-corrected chi connectivity index (χ3v) is 1.66. The van der Waals surface area contributed by atoms with Gasteiger partial charge in [-0.3, -0.25) is 4.55 Å². The lowest BCUT2D eigenvalue weighted by molar-refractivity contribution is 0.501. The smallest absolute Gasteiger partial charge is 0.353 e. The van der Waals surface area contributed by atoms with Crippen LogP contribution in [-0.2, 0) is 9.33 Å². The van der Waals surface area contributed by atoms with Crippen molar-refractivity contribution in [1.29, 1.82) is 0 Å². The van der Waals surface area contributed by atoms with E-state index in [0.717, 1.165) is 0 Å². The Balaban J connectivity index is 0.000000292. The number of benzene rings is 1. The van der Waals surface area contributed by atoms with Crippen molar-refractivity contribution in [3.63, 3.8) is 0 Å². The van der Waals surface area contributed by atoms with Crippen LogP contribution in [0.2, 0.25) is 10.0 Å². The topological polar surface area (TPSA) is 80.4 Å². The molecule has 1 aromatic rings. The first kappa shape index (κ1) is 13.8. The molecule has 0 bridgehead atoms. The van der Waals surface area contributed by atoms with E-state index >= 15 is 0 Å². The molecule has 14 heavy (non-hydrogen) atoms. The minimum Gasteiger partial charge on any atom is -0.396 e. The highest BCUT2D eigenvalue weighted by Gasteiger charge is 1.97. The number of rotatable bonds is 0. The molecule has 0 atom stereocenters. The molecule has 0 aliphatic carbocycles. The van der Waals surface area contributed by atoms with Gasteiger partial charge in [-0.25, -0.2) is 0 Å². The lowest BCUT2D eigenvalue weighted by Crippen LogP contribution is -1.85. The van der Waals surface area contributed by atoms with Crippen LogP contribution < -0.4 is 5.73 Å². The zero-order chi connectivity index (χ0) is 11.4. The van der Waals surface area contributed by atoms with Gasteiger partial charge in [0, 0.05) is 10.7 Å². The Kier molecular flexibility index (Phi) is 5.54. The summed E-state index contributed by atoms with van der Waals surface area (Å²) in [6.07, 6.45) is 0. The van der Waals surface area contributed by atoms with Crippen LogP contribution in [0, 0.1) is 0 Å². The van der Waals surface area contributed by atoms with Gasteiger partial charge in [-0.15, -0.1) is 0 Å². The Hall–Kier alpha value is -0.200. The van der Waals surface area contributed by atoms with Crippen LogP contribution >= 0.6 is 33.9 Å². The van der Waals surface area contributed by atoms with Gasteiger partial charge < -0.3 is 5.73 Å². The standard InChI is InChI=1S/C6H5Cl2N.ClHO3S/c7-4-2-1-3-5(8)6(4)9;1-5(2,3)4/h1-3H,9H2;(H,2,3,4). The maximum absolute atomic E-state index is 8.95. The predicted molar refractivity (Wildman–Crippen MR) is 58.3 cm³/mol. The minimum atomic E-state index is -4.19. The van der Waals surface area contributed by atoms with Crippen molar-refractivity contribution < 1.29 is 13.0 Å². The molecule has 80 valence electrons. The summed E-state index contributed by atoms with van der Waals surface area (Å²) >= 11 is 11.2. The quantitative estimate of drug-likeness (QED) is 0.434. The second-order valence-electron chi connectivity index (χ2n) is 2.05. The van der Waals surface area contributed by atoms with E-state index in [9.17, 15) is 0 Å². The molecular formula is C6H6Cl3NO3S. The van der Waals surface area contributed by atoms with E-state index in [1.807, 2.05) is 0 Å².